The molecule has 20 heavy (non-hydrogen) atoms. The predicted molar refractivity (Wildman–Crippen MR) is 80.6 cm³/mol. The second-order valence-corrected chi connectivity index (χ2v) is 6.37. The highest BCUT2D eigenvalue weighted by Crippen LogP contribution is 2.32. The molecule has 0 aromatic rings. The van der Waals surface area contributed by atoms with E-state index in [4.69, 9.17) is 4.74 Å². The Bertz CT molecular complexity index is 293. The van der Waals surface area contributed by atoms with E-state index in [1.807, 2.05) is 6.92 Å². The molecule has 2 aliphatic heterocycles. The Labute approximate surface area is 123 Å². The lowest BCUT2D eigenvalue weighted by Gasteiger charge is -2.39. The summed E-state index contributed by atoms with van der Waals surface area (Å²) in [6.07, 6.45) is 5.94. The highest BCUT2D eigenvalue weighted by atomic mass is 16.5. The Balaban J connectivity index is 1.63. The van der Waals surface area contributed by atoms with Crippen LogP contribution in [0.5, 0.6) is 0 Å². The van der Waals surface area contributed by atoms with E-state index in [1.54, 1.807) is 0 Å². The van der Waals surface area contributed by atoms with Crippen molar-refractivity contribution in [2.45, 2.75) is 39.0 Å². The third-order valence-electron chi connectivity index (χ3n) is 5.00. The third kappa shape index (κ3) is 4.74. The summed E-state index contributed by atoms with van der Waals surface area (Å²) in [6, 6.07) is 0. The number of ether oxygens (including phenoxy) is 1. The molecule has 0 spiro atoms. The predicted octanol–water partition coefficient (Wildman–Crippen LogP) is 1.99. The largest absolute Gasteiger partial charge is 0.466 e. The molecule has 2 aliphatic rings. The molecule has 0 bridgehead atoms. The summed E-state index contributed by atoms with van der Waals surface area (Å²) >= 11 is 0. The van der Waals surface area contributed by atoms with Gasteiger partial charge in [0.25, 0.3) is 0 Å². The topological polar surface area (TPSA) is 32.8 Å². The second kappa shape index (κ2) is 7.99. The van der Waals surface area contributed by atoms with Crippen molar-refractivity contribution in [3.8, 4) is 0 Å². The summed E-state index contributed by atoms with van der Waals surface area (Å²) in [4.78, 5) is 16.3. The lowest BCUT2D eigenvalue weighted by atomic mass is 9.79. The van der Waals surface area contributed by atoms with Gasteiger partial charge in [-0.3, -0.25) is 4.79 Å². The first kappa shape index (κ1) is 15.8. The minimum absolute atomic E-state index is 0.0510. The third-order valence-corrected chi connectivity index (χ3v) is 5.00. The van der Waals surface area contributed by atoms with Crippen LogP contribution in [0.2, 0.25) is 0 Å². The number of nitrogens with zero attached hydrogens (tertiary/aromatic N) is 2. The van der Waals surface area contributed by atoms with Crippen LogP contribution in [0.4, 0.5) is 0 Å². The smallest absolute Gasteiger partial charge is 0.307 e. The Kier molecular flexibility index (Phi) is 6.30. The lowest BCUT2D eigenvalue weighted by Crippen LogP contribution is -2.40. The van der Waals surface area contributed by atoms with Gasteiger partial charge in [0.05, 0.1) is 13.0 Å². The van der Waals surface area contributed by atoms with Crippen molar-refractivity contribution >= 4 is 5.97 Å². The van der Waals surface area contributed by atoms with Crippen LogP contribution in [-0.4, -0.2) is 62.1 Å². The molecule has 0 radical (unpaired) electrons. The Morgan fingerprint density at radius 1 is 1.05 bits per heavy atom. The fourth-order valence-corrected chi connectivity index (χ4v) is 3.63. The monoisotopic (exact) mass is 282 g/mol. The average Bonchev–Trinajstić information content (AvgIpc) is 2.47. The van der Waals surface area contributed by atoms with Crippen molar-refractivity contribution in [2.75, 3.05) is 46.4 Å². The summed E-state index contributed by atoms with van der Waals surface area (Å²) in [5.41, 5.74) is 0. The summed E-state index contributed by atoms with van der Waals surface area (Å²) in [7, 11) is 2.23. The summed E-state index contributed by atoms with van der Waals surface area (Å²) in [5, 5.41) is 0. The number of hydrogen-bond donors (Lipinski definition) is 0. The Morgan fingerprint density at radius 2 is 1.60 bits per heavy atom. The van der Waals surface area contributed by atoms with Gasteiger partial charge in [-0.1, -0.05) is 0 Å². The molecule has 2 rings (SSSR count). The first-order valence-electron chi connectivity index (χ1n) is 8.25. The van der Waals surface area contributed by atoms with Gasteiger partial charge in [0.2, 0.25) is 0 Å². The van der Waals surface area contributed by atoms with Crippen LogP contribution in [-0.2, 0) is 9.53 Å². The van der Waals surface area contributed by atoms with Gasteiger partial charge in [-0.2, -0.15) is 0 Å². The molecular weight excluding hydrogens is 252 g/mol. The van der Waals surface area contributed by atoms with Gasteiger partial charge in [0, 0.05) is 6.54 Å². The van der Waals surface area contributed by atoms with E-state index in [2.05, 4.69) is 16.8 Å². The molecule has 0 aliphatic carbocycles. The van der Waals surface area contributed by atoms with E-state index in [0.29, 0.717) is 13.0 Å². The van der Waals surface area contributed by atoms with Crippen LogP contribution in [0.1, 0.15) is 39.0 Å². The van der Waals surface area contributed by atoms with E-state index in [0.717, 1.165) is 31.5 Å². The number of piperidine rings is 2. The van der Waals surface area contributed by atoms with Gasteiger partial charge in [0.1, 0.15) is 0 Å². The number of likely N-dealkylation sites (tertiary alicyclic amines) is 2. The second-order valence-electron chi connectivity index (χ2n) is 6.37. The lowest BCUT2D eigenvalue weighted by molar-refractivity contribution is -0.143. The molecule has 4 nitrogen and oxygen atoms in total. The highest BCUT2D eigenvalue weighted by Gasteiger charge is 2.28. The van der Waals surface area contributed by atoms with Gasteiger partial charge in [0.15, 0.2) is 0 Å². The number of hydrogen-bond acceptors (Lipinski definition) is 4. The molecule has 116 valence electrons. The fourth-order valence-electron chi connectivity index (χ4n) is 3.63. The molecule has 0 atom stereocenters. The maximum absolute atomic E-state index is 11.4. The van der Waals surface area contributed by atoms with Gasteiger partial charge in [-0.25, -0.2) is 0 Å². The van der Waals surface area contributed by atoms with Crippen LogP contribution in [0, 0.1) is 11.8 Å². The summed E-state index contributed by atoms with van der Waals surface area (Å²) in [6.45, 7) is 8.11. The molecule has 0 aromatic carbocycles. The zero-order chi connectivity index (χ0) is 14.4. The van der Waals surface area contributed by atoms with Crippen molar-refractivity contribution in [3.05, 3.63) is 0 Å². The van der Waals surface area contributed by atoms with Gasteiger partial charge in [-0.05, 0) is 77.7 Å². The molecule has 2 heterocycles. The van der Waals surface area contributed by atoms with E-state index in [-0.39, 0.29) is 5.97 Å². The first-order valence-corrected chi connectivity index (χ1v) is 8.25. The Morgan fingerprint density at radius 3 is 2.15 bits per heavy atom. The van der Waals surface area contributed by atoms with Crippen molar-refractivity contribution in [3.63, 3.8) is 0 Å². The number of carbonyl (C=O) groups excluding carboxylic acids is 1. The van der Waals surface area contributed by atoms with Crippen LogP contribution in [0.25, 0.3) is 0 Å². The molecule has 0 saturated carbocycles. The zero-order valence-electron chi connectivity index (χ0n) is 13.1. The van der Waals surface area contributed by atoms with E-state index < -0.39 is 0 Å². The minimum atomic E-state index is -0.0510. The van der Waals surface area contributed by atoms with Crippen molar-refractivity contribution in [2.24, 2.45) is 11.8 Å². The van der Waals surface area contributed by atoms with E-state index in [1.165, 1.54) is 38.8 Å². The van der Waals surface area contributed by atoms with Gasteiger partial charge in [-0.15, -0.1) is 0 Å². The maximum Gasteiger partial charge on any atom is 0.307 e. The van der Waals surface area contributed by atoms with Crippen LogP contribution >= 0.6 is 0 Å². The molecule has 2 saturated heterocycles. The number of rotatable bonds is 5. The zero-order valence-corrected chi connectivity index (χ0v) is 13.1. The van der Waals surface area contributed by atoms with Gasteiger partial charge >= 0.3 is 5.97 Å². The standard InChI is InChI=1S/C16H30N2O2/c1-3-20-16(19)8-13-18-11-6-15(7-12-18)14-4-9-17(2)10-5-14/h14-15H,3-13H2,1-2H3. The molecule has 0 N–H and O–H groups in total. The number of carbonyl (C=O) groups is 1. The molecule has 0 amide bonds. The number of esters is 1. The molecule has 0 unspecified atom stereocenters. The summed E-state index contributed by atoms with van der Waals surface area (Å²) in [5.74, 6) is 1.81. The van der Waals surface area contributed by atoms with Gasteiger partial charge < -0.3 is 14.5 Å². The Hall–Kier alpha value is -0.610. The van der Waals surface area contributed by atoms with Crippen LogP contribution in [0.15, 0.2) is 0 Å². The highest BCUT2D eigenvalue weighted by molar-refractivity contribution is 5.69. The first-order chi connectivity index (χ1) is 9.69. The molecule has 4 heteroatoms. The SMILES string of the molecule is CCOC(=O)CCN1CCC(C2CCN(C)CC2)CC1. The van der Waals surface area contributed by atoms with E-state index >= 15 is 0 Å². The van der Waals surface area contributed by atoms with Crippen LogP contribution < -0.4 is 0 Å². The van der Waals surface area contributed by atoms with Crippen molar-refractivity contribution in [1.82, 2.24) is 9.80 Å². The fraction of sp³-hybridized carbons (Fsp3) is 0.938. The molecule has 2 fully saturated rings. The molecule has 0 aromatic heterocycles. The van der Waals surface area contributed by atoms with Crippen molar-refractivity contribution in [1.29, 1.82) is 0 Å². The maximum atomic E-state index is 11.4. The van der Waals surface area contributed by atoms with Crippen molar-refractivity contribution < 1.29 is 9.53 Å². The minimum Gasteiger partial charge on any atom is -0.466 e. The molecular formula is C16H30N2O2. The quantitative estimate of drug-likeness (QED) is 0.722. The van der Waals surface area contributed by atoms with E-state index in [9.17, 15) is 4.79 Å². The average molecular weight is 282 g/mol. The van der Waals surface area contributed by atoms with Crippen LogP contribution in [0.3, 0.4) is 0 Å². The normalized spacial score (nSPS) is 23.9. The summed E-state index contributed by atoms with van der Waals surface area (Å²) < 4.78 is 4.99.